The zero-order valence-corrected chi connectivity index (χ0v) is 23.0. The Hall–Kier alpha value is -2.98. The van der Waals surface area contributed by atoms with Crippen LogP contribution in [-0.2, 0) is 26.2 Å². The summed E-state index contributed by atoms with van der Waals surface area (Å²) in [5.74, 6) is -0.167. The quantitative estimate of drug-likeness (QED) is 0.443. The molecule has 0 saturated heterocycles. The summed E-state index contributed by atoms with van der Waals surface area (Å²) in [6.45, 7) is 5.03. The number of amides is 2. The van der Waals surface area contributed by atoms with E-state index in [1.54, 1.807) is 37.3 Å². The topological polar surface area (TPSA) is 105 Å². The molecular weight excluding hydrogens is 506 g/mol. The van der Waals surface area contributed by atoms with Crippen molar-refractivity contribution in [3.05, 3.63) is 53.1 Å². The van der Waals surface area contributed by atoms with Gasteiger partial charge in [-0.05, 0) is 50.1 Å². The first kappa shape index (κ1) is 29.3. The molecule has 2 aromatic rings. The van der Waals surface area contributed by atoms with E-state index < -0.39 is 28.5 Å². The van der Waals surface area contributed by atoms with Gasteiger partial charge in [0.15, 0.2) is 0 Å². The Morgan fingerprint density at radius 3 is 2.19 bits per heavy atom. The molecule has 198 valence electrons. The number of hydrogen-bond acceptors (Lipinski definition) is 6. The van der Waals surface area contributed by atoms with Crippen LogP contribution in [0.2, 0.25) is 5.02 Å². The van der Waals surface area contributed by atoms with Crippen molar-refractivity contribution in [2.24, 2.45) is 0 Å². The number of benzene rings is 2. The Balaban J connectivity index is 2.50. The largest absolute Gasteiger partial charge is 0.497 e. The third kappa shape index (κ3) is 7.76. The normalized spacial score (nSPS) is 12.1. The number of halogens is 1. The zero-order chi connectivity index (χ0) is 27.0. The second kappa shape index (κ2) is 12.8. The molecule has 0 aliphatic carbocycles. The van der Waals surface area contributed by atoms with Crippen molar-refractivity contribution in [1.82, 2.24) is 10.2 Å². The molecule has 0 radical (unpaired) electrons. The average molecular weight is 540 g/mol. The maximum atomic E-state index is 13.7. The van der Waals surface area contributed by atoms with Crippen LogP contribution < -0.4 is 19.1 Å². The summed E-state index contributed by atoms with van der Waals surface area (Å²) < 4.78 is 37.1. The summed E-state index contributed by atoms with van der Waals surface area (Å²) in [6.07, 6.45) is 1.35. The molecule has 0 fully saturated rings. The van der Waals surface area contributed by atoms with Crippen molar-refractivity contribution in [1.29, 1.82) is 0 Å². The van der Waals surface area contributed by atoms with Gasteiger partial charge < -0.3 is 19.7 Å². The Labute approximate surface area is 218 Å². The Bertz CT molecular complexity index is 1150. The Kier molecular flexibility index (Phi) is 10.4. The predicted octanol–water partition coefficient (Wildman–Crippen LogP) is 3.46. The maximum absolute atomic E-state index is 13.7. The minimum atomic E-state index is -3.90. The number of carbonyl (C=O) groups is 2. The number of carbonyl (C=O) groups excluding carboxylic acids is 2. The molecule has 0 heterocycles. The molecule has 1 atom stereocenters. The van der Waals surface area contributed by atoms with Crippen molar-refractivity contribution in [3.63, 3.8) is 0 Å². The van der Waals surface area contributed by atoms with Crippen molar-refractivity contribution in [2.75, 3.05) is 31.3 Å². The lowest BCUT2D eigenvalue weighted by molar-refractivity contribution is -0.140. The zero-order valence-electron chi connectivity index (χ0n) is 21.4. The van der Waals surface area contributed by atoms with Gasteiger partial charge in [-0.25, -0.2) is 8.42 Å². The van der Waals surface area contributed by atoms with Crippen molar-refractivity contribution < 1.29 is 27.5 Å². The summed E-state index contributed by atoms with van der Waals surface area (Å²) in [5, 5.41) is 3.39. The van der Waals surface area contributed by atoms with E-state index in [1.807, 2.05) is 13.8 Å². The van der Waals surface area contributed by atoms with Gasteiger partial charge in [0.05, 0.1) is 26.2 Å². The van der Waals surface area contributed by atoms with Crippen LogP contribution in [0.25, 0.3) is 0 Å². The highest BCUT2D eigenvalue weighted by atomic mass is 35.5. The number of rotatable bonds is 12. The lowest BCUT2D eigenvalue weighted by Crippen LogP contribution is -2.53. The standard InChI is InChI=1S/C25H34ClN3O6S/c1-7-21(25(31)27-17(2)3)28(15-18-8-10-19(26)11-9-18)24(30)16-29(36(6,32)33)22-13-12-20(34-4)14-23(22)35-5/h8-14,17,21H,7,15-16H2,1-6H3,(H,27,31)/t21-/m1/s1. The monoisotopic (exact) mass is 539 g/mol. The van der Waals surface area contributed by atoms with Crippen molar-refractivity contribution in [3.8, 4) is 11.5 Å². The average Bonchev–Trinajstić information content (AvgIpc) is 2.82. The van der Waals surface area contributed by atoms with Crippen LogP contribution in [-0.4, -0.2) is 64.2 Å². The van der Waals surface area contributed by atoms with Gasteiger partial charge in [0.2, 0.25) is 21.8 Å². The van der Waals surface area contributed by atoms with Crippen molar-refractivity contribution >= 4 is 39.1 Å². The number of methoxy groups -OCH3 is 2. The molecule has 0 spiro atoms. The van der Waals surface area contributed by atoms with Gasteiger partial charge in [-0.1, -0.05) is 30.7 Å². The van der Waals surface area contributed by atoms with Gasteiger partial charge in [0, 0.05) is 23.7 Å². The molecular formula is C25H34ClN3O6S. The number of nitrogens with zero attached hydrogens (tertiary/aromatic N) is 2. The van der Waals surface area contributed by atoms with E-state index in [0.29, 0.717) is 17.2 Å². The Morgan fingerprint density at radius 1 is 1.06 bits per heavy atom. The molecule has 0 aliphatic rings. The molecule has 1 N–H and O–H groups in total. The van der Waals surface area contributed by atoms with Gasteiger partial charge in [-0.3, -0.25) is 13.9 Å². The third-order valence-corrected chi connectivity index (χ3v) is 6.80. The minimum absolute atomic E-state index is 0.0946. The summed E-state index contributed by atoms with van der Waals surface area (Å²) in [5.41, 5.74) is 0.928. The molecule has 2 aromatic carbocycles. The van der Waals surface area contributed by atoms with Crippen LogP contribution in [0.4, 0.5) is 5.69 Å². The van der Waals surface area contributed by atoms with E-state index in [2.05, 4.69) is 5.32 Å². The van der Waals surface area contributed by atoms with E-state index in [-0.39, 0.29) is 29.9 Å². The van der Waals surface area contributed by atoms with Crippen LogP contribution in [0.3, 0.4) is 0 Å². The first-order valence-corrected chi connectivity index (χ1v) is 13.7. The van der Waals surface area contributed by atoms with Gasteiger partial charge in [0.25, 0.3) is 0 Å². The number of anilines is 1. The lowest BCUT2D eigenvalue weighted by Gasteiger charge is -2.33. The third-order valence-electron chi connectivity index (χ3n) is 5.42. The van der Waals surface area contributed by atoms with E-state index in [0.717, 1.165) is 16.1 Å². The molecule has 2 amide bonds. The van der Waals surface area contributed by atoms with Crippen LogP contribution >= 0.6 is 11.6 Å². The highest BCUT2D eigenvalue weighted by molar-refractivity contribution is 7.92. The van der Waals surface area contributed by atoms with Crippen LogP contribution in [0, 0.1) is 0 Å². The summed E-state index contributed by atoms with van der Waals surface area (Å²) in [6, 6.07) is 10.6. The van der Waals surface area contributed by atoms with Gasteiger partial charge in [0.1, 0.15) is 24.1 Å². The van der Waals surface area contributed by atoms with Gasteiger partial charge >= 0.3 is 0 Å². The van der Waals surface area contributed by atoms with Gasteiger partial charge in [-0.2, -0.15) is 0 Å². The molecule has 0 unspecified atom stereocenters. The van der Waals surface area contributed by atoms with E-state index >= 15 is 0 Å². The fourth-order valence-electron chi connectivity index (χ4n) is 3.67. The van der Waals surface area contributed by atoms with Crippen LogP contribution in [0.5, 0.6) is 11.5 Å². The first-order valence-electron chi connectivity index (χ1n) is 11.4. The number of hydrogen-bond donors (Lipinski definition) is 1. The number of nitrogens with one attached hydrogen (secondary N) is 1. The van der Waals surface area contributed by atoms with Crippen LogP contribution in [0.15, 0.2) is 42.5 Å². The second-order valence-electron chi connectivity index (χ2n) is 8.54. The number of sulfonamides is 1. The van der Waals surface area contributed by atoms with Gasteiger partial charge in [-0.15, -0.1) is 0 Å². The Morgan fingerprint density at radius 2 is 1.69 bits per heavy atom. The second-order valence-corrected chi connectivity index (χ2v) is 10.9. The van der Waals surface area contributed by atoms with E-state index in [4.69, 9.17) is 21.1 Å². The molecule has 0 aromatic heterocycles. The highest BCUT2D eigenvalue weighted by Gasteiger charge is 2.32. The molecule has 0 saturated carbocycles. The molecule has 0 aliphatic heterocycles. The first-order chi connectivity index (χ1) is 16.9. The predicted molar refractivity (Wildman–Crippen MR) is 141 cm³/mol. The fourth-order valence-corrected chi connectivity index (χ4v) is 4.65. The molecule has 11 heteroatoms. The summed E-state index contributed by atoms with van der Waals surface area (Å²) in [4.78, 5) is 28.1. The highest BCUT2D eigenvalue weighted by Crippen LogP contribution is 2.33. The molecule has 9 nitrogen and oxygen atoms in total. The lowest BCUT2D eigenvalue weighted by atomic mass is 10.1. The molecule has 0 bridgehead atoms. The SMILES string of the molecule is CC[C@H](C(=O)NC(C)C)N(Cc1ccc(Cl)cc1)C(=O)CN(c1ccc(OC)cc1OC)S(C)(=O)=O. The maximum Gasteiger partial charge on any atom is 0.244 e. The molecule has 36 heavy (non-hydrogen) atoms. The minimum Gasteiger partial charge on any atom is -0.497 e. The summed E-state index contributed by atoms with van der Waals surface area (Å²) >= 11 is 6.01. The van der Waals surface area contributed by atoms with E-state index in [9.17, 15) is 18.0 Å². The number of ether oxygens (including phenoxy) is 2. The summed E-state index contributed by atoms with van der Waals surface area (Å²) in [7, 11) is -1.02. The van der Waals surface area contributed by atoms with Crippen LogP contribution in [0.1, 0.15) is 32.8 Å². The molecule has 2 rings (SSSR count). The van der Waals surface area contributed by atoms with E-state index in [1.165, 1.54) is 31.3 Å². The fraction of sp³-hybridized carbons (Fsp3) is 0.440. The smallest absolute Gasteiger partial charge is 0.244 e. The van der Waals surface area contributed by atoms with Crippen molar-refractivity contribution in [2.45, 2.75) is 45.8 Å².